The number of nitrogens with zero attached hydrogens (tertiary/aromatic N) is 1. The fourth-order valence-corrected chi connectivity index (χ4v) is 1.84. The highest BCUT2D eigenvalue weighted by molar-refractivity contribution is 6.29. The lowest BCUT2D eigenvalue weighted by Crippen LogP contribution is -2.23. The number of nitrogens with one attached hydrogen (secondary N) is 2. The highest BCUT2D eigenvalue weighted by Crippen LogP contribution is 2.14. The van der Waals surface area contributed by atoms with Gasteiger partial charge in [0.1, 0.15) is 11.0 Å². The molecule has 1 heterocycles. The third-order valence-corrected chi connectivity index (χ3v) is 2.83. The van der Waals surface area contributed by atoms with Crippen LogP contribution in [0.15, 0.2) is 30.3 Å². The molecule has 2 aromatic rings. The second-order valence-corrected chi connectivity index (χ2v) is 4.53. The van der Waals surface area contributed by atoms with Gasteiger partial charge in [-0.2, -0.15) is 0 Å². The number of benzene rings is 1. The van der Waals surface area contributed by atoms with E-state index in [4.69, 9.17) is 17.4 Å². The summed E-state index contributed by atoms with van der Waals surface area (Å²) in [6.07, 6.45) is 0. The maximum Gasteiger partial charge on any atom is 0.251 e. The number of halogens is 3. The van der Waals surface area contributed by atoms with Crippen LogP contribution in [0.5, 0.6) is 0 Å². The number of hydrogen-bond acceptors (Lipinski definition) is 4. The van der Waals surface area contributed by atoms with Crippen molar-refractivity contribution in [1.82, 2.24) is 10.3 Å². The van der Waals surface area contributed by atoms with Crippen LogP contribution >= 0.6 is 11.6 Å². The Balaban J connectivity index is 2.07. The Morgan fingerprint density at radius 3 is 2.67 bits per heavy atom. The lowest BCUT2D eigenvalue weighted by atomic mass is 10.2. The molecule has 1 aromatic heterocycles. The summed E-state index contributed by atoms with van der Waals surface area (Å²) < 4.78 is 25.8. The number of rotatable bonds is 4. The summed E-state index contributed by atoms with van der Waals surface area (Å²) in [4.78, 5) is 15.8. The fraction of sp³-hybridized carbons (Fsp3) is 0.0769. The summed E-state index contributed by atoms with van der Waals surface area (Å²) in [6.45, 7) is 0.0430. The van der Waals surface area contributed by atoms with Crippen molar-refractivity contribution >= 4 is 23.3 Å². The number of hydrazine groups is 1. The van der Waals surface area contributed by atoms with E-state index in [1.165, 1.54) is 18.2 Å². The molecule has 0 saturated heterocycles. The molecule has 0 spiro atoms. The van der Waals surface area contributed by atoms with Gasteiger partial charge in [0.05, 0.1) is 0 Å². The molecule has 5 nitrogen and oxygen atoms in total. The molecule has 0 fully saturated rings. The molecule has 110 valence electrons. The first kappa shape index (κ1) is 15.1. The Hall–Kier alpha value is -2.25. The Labute approximate surface area is 124 Å². The molecule has 0 unspecified atom stereocenters. The van der Waals surface area contributed by atoms with Gasteiger partial charge in [0.2, 0.25) is 0 Å². The second kappa shape index (κ2) is 6.47. The molecule has 1 aromatic carbocycles. The number of nitrogen functional groups attached to an aromatic ring is 1. The highest BCUT2D eigenvalue weighted by atomic mass is 35.5. The van der Waals surface area contributed by atoms with Crippen molar-refractivity contribution in [2.45, 2.75) is 6.54 Å². The van der Waals surface area contributed by atoms with Crippen LogP contribution in [0.4, 0.5) is 14.6 Å². The maximum atomic E-state index is 13.0. The predicted molar refractivity (Wildman–Crippen MR) is 74.6 cm³/mol. The molecule has 0 bridgehead atoms. The van der Waals surface area contributed by atoms with Gasteiger partial charge in [0.25, 0.3) is 5.91 Å². The van der Waals surface area contributed by atoms with E-state index in [1.807, 2.05) is 0 Å². The standard InChI is InChI=1S/C13H11ClF2N4O/c14-11-4-8(5-12(19-11)20-17)13(21)18-6-7-1-2-9(15)10(16)3-7/h1-5H,6,17H2,(H,18,21)(H,19,20). The van der Waals surface area contributed by atoms with E-state index in [0.717, 1.165) is 12.1 Å². The molecule has 8 heteroatoms. The Morgan fingerprint density at radius 2 is 2.00 bits per heavy atom. The van der Waals surface area contributed by atoms with E-state index < -0.39 is 17.5 Å². The third-order valence-electron chi connectivity index (χ3n) is 2.64. The number of hydrogen-bond donors (Lipinski definition) is 3. The molecular weight excluding hydrogens is 302 g/mol. The minimum atomic E-state index is -0.969. The zero-order valence-electron chi connectivity index (χ0n) is 10.7. The average Bonchev–Trinajstić information content (AvgIpc) is 2.47. The predicted octanol–water partition coefficient (Wildman–Crippen LogP) is 2.23. The zero-order valence-corrected chi connectivity index (χ0v) is 11.4. The van der Waals surface area contributed by atoms with Crippen molar-refractivity contribution in [2.24, 2.45) is 5.84 Å². The number of amides is 1. The van der Waals surface area contributed by atoms with Crippen LogP contribution in [0.2, 0.25) is 5.15 Å². The Kier molecular flexibility index (Phi) is 4.66. The highest BCUT2D eigenvalue weighted by Gasteiger charge is 2.10. The summed E-state index contributed by atoms with van der Waals surface area (Å²) in [5.74, 6) is 3.09. The molecular formula is C13H11ClF2N4O. The lowest BCUT2D eigenvalue weighted by molar-refractivity contribution is 0.0951. The molecule has 0 saturated carbocycles. The molecule has 0 radical (unpaired) electrons. The first-order valence-electron chi connectivity index (χ1n) is 5.86. The van der Waals surface area contributed by atoms with Crippen LogP contribution < -0.4 is 16.6 Å². The second-order valence-electron chi connectivity index (χ2n) is 4.14. The molecule has 1 amide bonds. The van der Waals surface area contributed by atoms with Crippen LogP contribution in [-0.2, 0) is 6.54 Å². The molecule has 2 rings (SSSR count). The maximum absolute atomic E-state index is 13.0. The first-order valence-corrected chi connectivity index (χ1v) is 6.23. The van der Waals surface area contributed by atoms with Gasteiger partial charge in [-0.05, 0) is 29.8 Å². The molecule has 21 heavy (non-hydrogen) atoms. The van der Waals surface area contributed by atoms with E-state index in [9.17, 15) is 13.6 Å². The van der Waals surface area contributed by atoms with Gasteiger partial charge in [-0.3, -0.25) is 4.79 Å². The molecule has 0 aliphatic carbocycles. The largest absolute Gasteiger partial charge is 0.348 e. The zero-order chi connectivity index (χ0) is 15.4. The van der Waals surface area contributed by atoms with Gasteiger partial charge >= 0.3 is 0 Å². The minimum Gasteiger partial charge on any atom is -0.348 e. The van der Waals surface area contributed by atoms with Gasteiger partial charge in [0, 0.05) is 12.1 Å². The van der Waals surface area contributed by atoms with Crippen LogP contribution in [0.25, 0.3) is 0 Å². The van der Waals surface area contributed by atoms with Crippen molar-refractivity contribution in [1.29, 1.82) is 0 Å². The van der Waals surface area contributed by atoms with E-state index in [1.54, 1.807) is 0 Å². The van der Waals surface area contributed by atoms with Gasteiger partial charge in [0.15, 0.2) is 11.6 Å². The fourth-order valence-electron chi connectivity index (χ4n) is 1.64. The van der Waals surface area contributed by atoms with Gasteiger partial charge in [-0.1, -0.05) is 17.7 Å². The summed E-state index contributed by atoms with van der Waals surface area (Å²) in [6, 6.07) is 6.17. The van der Waals surface area contributed by atoms with Gasteiger partial charge in [-0.15, -0.1) is 0 Å². The van der Waals surface area contributed by atoms with Gasteiger partial charge in [-0.25, -0.2) is 19.6 Å². The van der Waals surface area contributed by atoms with E-state index in [0.29, 0.717) is 5.56 Å². The smallest absolute Gasteiger partial charge is 0.251 e. The Morgan fingerprint density at radius 1 is 1.24 bits per heavy atom. The molecule has 0 aliphatic rings. The van der Waals surface area contributed by atoms with Crippen LogP contribution in [0.3, 0.4) is 0 Å². The summed E-state index contributed by atoms with van der Waals surface area (Å²) in [7, 11) is 0. The molecule has 4 N–H and O–H groups in total. The molecule has 0 atom stereocenters. The van der Waals surface area contributed by atoms with Crippen LogP contribution in [0, 0.1) is 11.6 Å². The van der Waals surface area contributed by atoms with Crippen molar-refractivity contribution in [3.05, 3.63) is 58.2 Å². The normalized spacial score (nSPS) is 10.3. The number of anilines is 1. The van der Waals surface area contributed by atoms with Crippen LogP contribution in [0.1, 0.15) is 15.9 Å². The Bertz CT molecular complexity index is 681. The van der Waals surface area contributed by atoms with Crippen LogP contribution in [-0.4, -0.2) is 10.9 Å². The third kappa shape index (κ3) is 3.87. The number of carbonyl (C=O) groups is 1. The van der Waals surface area contributed by atoms with Gasteiger partial charge < -0.3 is 10.7 Å². The van der Waals surface area contributed by atoms with Crippen molar-refractivity contribution < 1.29 is 13.6 Å². The monoisotopic (exact) mass is 312 g/mol. The number of pyridine rings is 1. The van der Waals surface area contributed by atoms with Crippen molar-refractivity contribution in [2.75, 3.05) is 5.43 Å². The number of nitrogens with two attached hydrogens (primary N) is 1. The van der Waals surface area contributed by atoms with Crippen molar-refractivity contribution in [3.63, 3.8) is 0 Å². The lowest BCUT2D eigenvalue weighted by Gasteiger charge is -2.07. The van der Waals surface area contributed by atoms with Crippen molar-refractivity contribution in [3.8, 4) is 0 Å². The van der Waals surface area contributed by atoms with E-state index in [-0.39, 0.29) is 23.1 Å². The average molecular weight is 313 g/mol. The SMILES string of the molecule is NNc1cc(C(=O)NCc2ccc(F)c(F)c2)cc(Cl)n1. The minimum absolute atomic E-state index is 0.0430. The quantitative estimate of drug-likeness (QED) is 0.459. The first-order chi connectivity index (χ1) is 9.99. The number of carbonyl (C=O) groups excluding carboxylic acids is 1. The number of aromatic nitrogens is 1. The summed E-state index contributed by atoms with van der Waals surface area (Å²) >= 11 is 5.75. The van der Waals surface area contributed by atoms with E-state index in [2.05, 4.69) is 15.7 Å². The summed E-state index contributed by atoms with van der Waals surface area (Å²) in [5, 5.41) is 2.66. The summed E-state index contributed by atoms with van der Waals surface area (Å²) in [5.41, 5.74) is 2.96. The molecule has 0 aliphatic heterocycles. The topological polar surface area (TPSA) is 80.0 Å². The van der Waals surface area contributed by atoms with E-state index >= 15 is 0 Å².